The molecule has 0 aliphatic carbocycles. The number of ether oxygens (including phenoxy) is 1. The molecule has 0 heterocycles. The van der Waals surface area contributed by atoms with Gasteiger partial charge in [-0.25, -0.2) is 8.78 Å². The van der Waals surface area contributed by atoms with E-state index >= 15 is 0 Å². The van der Waals surface area contributed by atoms with Crippen LogP contribution in [0.4, 0.5) is 14.5 Å². The third-order valence-electron chi connectivity index (χ3n) is 2.42. The lowest BCUT2D eigenvalue weighted by Crippen LogP contribution is -1.96. The molecule has 0 atom stereocenters. The fraction of sp³-hybridized carbons (Fsp3) is 0.0769. The number of nitrogen functional groups attached to an aromatic ring is 1. The number of halogens is 3. The van der Waals surface area contributed by atoms with Crippen LogP contribution in [0.15, 0.2) is 30.3 Å². The number of nitrogens with two attached hydrogens (primary N) is 1. The summed E-state index contributed by atoms with van der Waals surface area (Å²) in [6.45, 7) is 1.77. The largest absolute Gasteiger partial charge is 0.455 e. The molecule has 0 unspecified atom stereocenters. The molecule has 0 spiro atoms. The summed E-state index contributed by atoms with van der Waals surface area (Å²) in [5, 5.41) is 0. The first-order chi connectivity index (χ1) is 8.47. The van der Waals surface area contributed by atoms with Gasteiger partial charge in [-0.1, -0.05) is 6.07 Å². The molecule has 0 aliphatic rings. The zero-order valence-electron chi connectivity index (χ0n) is 9.51. The standard InChI is InChI=1S/C13H10F2INO/c1-7-2-3-8(14)4-12(7)18-13-5-9(15)10(16)6-11(13)17/h2-6H,17H2,1H3. The van der Waals surface area contributed by atoms with Crippen LogP contribution in [0.2, 0.25) is 0 Å². The van der Waals surface area contributed by atoms with Gasteiger partial charge in [0.15, 0.2) is 5.75 Å². The first kappa shape index (κ1) is 13.1. The highest BCUT2D eigenvalue weighted by Crippen LogP contribution is 2.32. The number of hydrogen-bond donors (Lipinski definition) is 1. The molecule has 0 fully saturated rings. The Kier molecular flexibility index (Phi) is 3.70. The summed E-state index contributed by atoms with van der Waals surface area (Å²) in [7, 11) is 0. The fourth-order valence-electron chi connectivity index (χ4n) is 1.43. The summed E-state index contributed by atoms with van der Waals surface area (Å²) >= 11 is 1.84. The maximum Gasteiger partial charge on any atom is 0.153 e. The molecule has 0 aliphatic heterocycles. The summed E-state index contributed by atoms with van der Waals surface area (Å²) in [4.78, 5) is 0. The molecular formula is C13H10F2INO. The summed E-state index contributed by atoms with van der Waals surface area (Å²) < 4.78 is 32.4. The van der Waals surface area contributed by atoms with E-state index in [1.165, 1.54) is 24.3 Å². The molecule has 0 amide bonds. The van der Waals surface area contributed by atoms with Crippen LogP contribution in [0, 0.1) is 22.1 Å². The summed E-state index contributed by atoms with van der Waals surface area (Å²) in [6.07, 6.45) is 0. The highest BCUT2D eigenvalue weighted by molar-refractivity contribution is 14.1. The molecule has 2 aromatic rings. The Morgan fingerprint density at radius 1 is 1.11 bits per heavy atom. The maximum absolute atomic E-state index is 13.4. The van der Waals surface area contributed by atoms with Crippen molar-refractivity contribution in [1.82, 2.24) is 0 Å². The highest BCUT2D eigenvalue weighted by Gasteiger charge is 2.10. The summed E-state index contributed by atoms with van der Waals surface area (Å²) in [5.74, 6) is -0.335. The molecule has 18 heavy (non-hydrogen) atoms. The predicted octanol–water partition coefficient (Wildman–Crippen LogP) is 4.25. The van der Waals surface area contributed by atoms with Gasteiger partial charge in [0, 0.05) is 12.1 Å². The van der Waals surface area contributed by atoms with Crippen LogP contribution in [0.25, 0.3) is 0 Å². The molecule has 0 aromatic heterocycles. The molecule has 5 heteroatoms. The molecule has 0 saturated heterocycles. The third kappa shape index (κ3) is 2.72. The molecule has 94 valence electrons. The first-order valence-corrected chi connectivity index (χ1v) is 6.24. The Balaban J connectivity index is 2.40. The maximum atomic E-state index is 13.4. The van der Waals surface area contributed by atoms with Gasteiger partial charge in [0.25, 0.3) is 0 Å². The Hall–Kier alpha value is -1.37. The van der Waals surface area contributed by atoms with Crippen LogP contribution in [-0.4, -0.2) is 0 Å². The Morgan fingerprint density at radius 3 is 2.56 bits per heavy atom. The van der Waals surface area contributed by atoms with E-state index in [2.05, 4.69) is 0 Å². The second-order valence-corrected chi connectivity index (χ2v) is 4.98. The summed E-state index contributed by atoms with van der Waals surface area (Å²) in [6, 6.07) is 6.83. The van der Waals surface area contributed by atoms with E-state index in [0.29, 0.717) is 15.0 Å². The van der Waals surface area contributed by atoms with Crippen LogP contribution in [0.1, 0.15) is 5.56 Å². The van der Waals surface area contributed by atoms with Crippen molar-refractivity contribution < 1.29 is 13.5 Å². The van der Waals surface area contributed by atoms with Crippen molar-refractivity contribution in [3.05, 3.63) is 51.1 Å². The smallest absolute Gasteiger partial charge is 0.153 e. The molecule has 0 radical (unpaired) electrons. The number of benzene rings is 2. The second kappa shape index (κ2) is 5.09. The third-order valence-corrected chi connectivity index (χ3v) is 3.25. The van der Waals surface area contributed by atoms with E-state index in [9.17, 15) is 8.78 Å². The zero-order valence-corrected chi connectivity index (χ0v) is 11.7. The normalized spacial score (nSPS) is 10.4. The van der Waals surface area contributed by atoms with Crippen LogP contribution < -0.4 is 10.5 Å². The van der Waals surface area contributed by atoms with E-state index < -0.39 is 11.6 Å². The van der Waals surface area contributed by atoms with Crippen molar-refractivity contribution in [3.8, 4) is 11.5 Å². The van der Waals surface area contributed by atoms with Crippen LogP contribution in [0.5, 0.6) is 11.5 Å². The quantitative estimate of drug-likeness (QED) is 0.641. The van der Waals surface area contributed by atoms with E-state index in [4.69, 9.17) is 10.5 Å². The average Bonchev–Trinajstić information content (AvgIpc) is 2.30. The summed E-state index contributed by atoms with van der Waals surface area (Å²) in [5.41, 5.74) is 6.79. The van der Waals surface area contributed by atoms with Gasteiger partial charge < -0.3 is 10.5 Å². The van der Waals surface area contributed by atoms with Crippen molar-refractivity contribution in [2.45, 2.75) is 6.92 Å². The van der Waals surface area contributed by atoms with E-state index in [1.54, 1.807) is 13.0 Å². The zero-order chi connectivity index (χ0) is 13.3. The van der Waals surface area contributed by atoms with Gasteiger partial charge in [0.05, 0.1) is 9.26 Å². The molecule has 0 saturated carbocycles. The number of hydrogen-bond acceptors (Lipinski definition) is 2. The molecular weight excluding hydrogens is 351 g/mol. The number of rotatable bonds is 2. The minimum absolute atomic E-state index is 0.182. The van der Waals surface area contributed by atoms with Crippen molar-refractivity contribution in [2.75, 3.05) is 5.73 Å². The Bertz CT molecular complexity index is 602. The molecule has 0 bridgehead atoms. The lowest BCUT2D eigenvalue weighted by atomic mass is 10.2. The van der Waals surface area contributed by atoms with Crippen molar-refractivity contribution in [3.63, 3.8) is 0 Å². The molecule has 2 N–H and O–H groups in total. The predicted molar refractivity (Wildman–Crippen MR) is 74.7 cm³/mol. The van der Waals surface area contributed by atoms with Gasteiger partial charge in [-0.3, -0.25) is 0 Å². The fourth-order valence-corrected chi connectivity index (χ4v) is 1.93. The first-order valence-electron chi connectivity index (χ1n) is 5.16. The van der Waals surface area contributed by atoms with Crippen LogP contribution >= 0.6 is 22.6 Å². The van der Waals surface area contributed by atoms with E-state index in [0.717, 1.165) is 5.56 Å². The van der Waals surface area contributed by atoms with Gasteiger partial charge in [0.1, 0.15) is 17.4 Å². The van der Waals surface area contributed by atoms with Crippen LogP contribution in [0.3, 0.4) is 0 Å². The minimum Gasteiger partial charge on any atom is -0.455 e. The topological polar surface area (TPSA) is 35.2 Å². The van der Waals surface area contributed by atoms with Gasteiger partial charge in [0.2, 0.25) is 0 Å². The lowest BCUT2D eigenvalue weighted by molar-refractivity contribution is 0.469. The van der Waals surface area contributed by atoms with Gasteiger partial charge in [-0.05, 0) is 47.2 Å². The monoisotopic (exact) mass is 361 g/mol. The molecule has 2 aromatic carbocycles. The Labute approximate surface area is 117 Å². The van der Waals surface area contributed by atoms with Crippen molar-refractivity contribution >= 4 is 28.3 Å². The van der Waals surface area contributed by atoms with Crippen LogP contribution in [-0.2, 0) is 0 Å². The number of anilines is 1. The van der Waals surface area contributed by atoms with Gasteiger partial charge in [-0.15, -0.1) is 0 Å². The van der Waals surface area contributed by atoms with Crippen molar-refractivity contribution in [2.24, 2.45) is 0 Å². The molecule has 2 nitrogen and oxygen atoms in total. The SMILES string of the molecule is Cc1ccc(F)cc1Oc1cc(F)c(I)cc1N. The van der Waals surface area contributed by atoms with E-state index in [1.807, 2.05) is 22.6 Å². The second-order valence-electron chi connectivity index (χ2n) is 3.82. The van der Waals surface area contributed by atoms with Crippen molar-refractivity contribution in [1.29, 1.82) is 0 Å². The Morgan fingerprint density at radius 2 is 1.83 bits per heavy atom. The highest BCUT2D eigenvalue weighted by atomic mass is 127. The van der Waals surface area contributed by atoms with E-state index in [-0.39, 0.29) is 5.75 Å². The van der Waals surface area contributed by atoms with Gasteiger partial charge >= 0.3 is 0 Å². The molecule has 2 rings (SSSR count). The minimum atomic E-state index is -0.422. The number of aryl methyl sites for hydroxylation is 1. The van der Waals surface area contributed by atoms with Gasteiger partial charge in [-0.2, -0.15) is 0 Å². The lowest BCUT2D eigenvalue weighted by Gasteiger charge is -2.11. The average molecular weight is 361 g/mol.